The maximum Gasteiger partial charge on any atom is 0.349 e. The predicted octanol–water partition coefficient (Wildman–Crippen LogP) is 3.47. The zero-order valence-electron chi connectivity index (χ0n) is 17.6. The molecular formula is C22H31N3O3. The second kappa shape index (κ2) is 9.59. The Labute approximate surface area is 167 Å². The molecule has 0 aliphatic carbocycles. The van der Waals surface area contributed by atoms with Crippen molar-refractivity contribution in [3.63, 3.8) is 0 Å². The van der Waals surface area contributed by atoms with Crippen molar-refractivity contribution in [2.75, 3.05) is 19.7 Å². The molecule has 0 aromatic carbocycles. The first-order valence-corrected chi connectivity index (χ1v) is 10.00. The number of carbonyl (C=O) groups is 2. The van der Waals surface area contributed by atoms with E-state index in [1.165, 1.54) is 0 Å². The molecule has 0 unspecified atom stereocenters. The number of amides is 1. The van der Waals surface area contributed by atoms with Crippen molar-refractivity contribution in [1.82, 2.24) is 9.47 Å². The van der Waals surface area contributed by atoms with Crippen LogP contribution < -0.4 is 0 Å². The predicted molar refractivity (Wildman–Crippen MR) is 108 cm³/mol. The summed E-state index contributed by atoms with van der Waals surface area (Å²) < 4.78 is 7.31. The zero-order valence-corrected chi connectivity index (χ0v) is 17.6. The third-order valence-electron chi connectivity index (χ3n) is 5.25. The maximum atomic E-state index is 12.4. The van der Waals surface area contributed by atoms with Gasteiger partial charge in [0.15, 0.2) is 6.61 Å². The van der Waals surface area contributed by atoms with Crippen molar-refractivity contribution in [2.24, 2.45) is 11.8 Å². The fraction of sp³-hybridized carbons (Fsp3) is 0.591. The van der Waals surface area contributed by atoms with Gasteiger partial charge in [-0.3, -0.25) is 4.79 Å². The number of hydrogen-bond acceptors (Lipinski definition) is 4. The third-order valence-corrected chi connectivity index (χ3v) is 5.25. The van der Waals surface area contributed by atoms with Crippen LogP contribution in [0.15, 0.2) is 11.6 Å². The molecule has 2 heterocycles. The van der Waals surface area contributed by atoms with E-state index in [2.05, 4.69) is 25.3 Å². The summed E-state index contributed by atoms with van der Waals surface area (Å²) in [7, 11) is 0. The molecule has 1 saturated heterocycles. The lowest BCUT2D eigenvalue weighted by molar-refractivity contribution is -0.149. The Balaban J connectivity index is 2.04. The summed E-state index contributed by atoms with van der Waals surface area (Å²) in [6, 6.07) is 3.86. The van der Waals surface area contributed by atoms with Crippen LogP contribution in [0.4, 0.5) is 0 Å². The van der Waals surface area contributed by atoms with Crippen molar-refractivity contribution in [3.05, 3.63) is 28.6 Å². The van der Waals surface area contributed by atoms with E-state index in [0.29, 0.717) is 24.9 Å². The standard InChI is InChI=1S/C22H31N3O3/c1-6-7-25-17(4)9-19(18(25)5)10-20(11-23)22(27)28-14-21(26)24-12-15(2)8-16(3)13-24/h9-10,15-16H,6-8,12-14H2,1-5H3/b20-10+/t15-,16-/m0/s1. The van der Waals surface area contributed by atoms with E-state index in [4.69, 9.17) is 4.74 Å². The number of aryl methyl sites for hydroxylation is 1. The van der Waals surface area contributed by atoms with Gasteiger partial charge < -0.3 is 14.2 Å². The Hall–Kier alpha value is -2.55. The molecule has 2 rings (SSSR count). The molecule has 0 saturated carbocycles. The van der Waals surface area contributed by atoms with Gasteiger partial charge in [-0.05, 0) is 56.2 Å². The second-order valence-corrected chi connectivity index (χ2v) is 7.97. The number of nitrogens with zero attached hydrogens (tertiary/aromatic N) is 3. The Morgan fingerprint density at radius 1 is 1.29 bits per heavy atom. The van der Waals surface area contributed by atoms with Gasteiger partial charge in [0.25, 0.3) is 5.91 Å². The van der Waals surface area contributed by atoms with Crippen LogP contribution in [0.25, 0.3) is 6.08 Å². The molecule has 6 nitrogen and oxygen atoms in total. The van der Waals surface area contributed by atoms with Crippen molar-refractivity contribution in [1.29, 1.82) is 5.26 Å². The highest BCUT2D eigenvalue weighted by atomic mass is 16.5. The van der Waals surface area contributed by atoms with Crippen molar-refractivity contribution >= 4 is 18.0 Å². The highest BCUT2D eigenvalue weighted by Crippen LogP contribution is 2.21. The molecule has 1 aliphatic heterocycles. The van der Waals surface area contributed by atoms with Gasteiger partial charge in [-0.25, -0.2) is 4.79 Å². The highest BCUT2D eigenvalue weighted by molar-refractivity contribution is 5.99. The van der Waals surface area contributed by atoms with Crippen LogP contribution in [0.1, 0.15) is 50.6 Å². The van der Waals surface area contributed by atoms with Crippen LogP contribution >= 0.6 is 0 Å². The first-order valence-electron chi connectivity index (χ1n) is 10.00. The quantitative estimate of drug-likeness (QED) is 0.427. The Morgan fingerprint density at radius 2 is 1.93 bits per heavy atom. The van der Waals surface area contributed by atoms with Gasteiger partial charge in [-0.2, -0.15) is 5.26 Å². The van der Waals surface area contributed by atoms with Crippen LogP contribution in [-0.2, 0) is 20.9 Å². The van der Waals surface area contributed by atoms with Gasteiger partial charge in [-0.1, -0.05) is 20.8 Å². The molecule has 2 atom stereocenters. The number of ether oxygens (including phenoxy) is 1. The molecule has 1 aliphatic rings. The monoisotopic (exact) mass is 385 g/mol. The Kier molecular flexibility index (Phi) is 7.45. The Morgan fingerprint density at radius 3 is 2.50 bits per heavy atom. The van der Waals surface area contributed by atoms with Gasteiger partial charge in [0.1, 0.15) is 11.6 Å². The van der Waals surface area contributed by atoms with Crippen LogP contribution in [0.5, 0.6) is 0 Å². The van der Waals surface area contributed by atoms with Crippen molar-refractivity contribution in [2.45, 2.75) is 54.0 Å². The largest absolute Gasteiger partial charge is 0.451 e. The second-order valence-electron chi connectivity index (χ2n) is 7.97. The van der Waals surface area contributed by atoms with E-state index >= 15 is 0 Å². The van der Waals surface area contributed by atoms with Crippen LogP contribution in [0.3, 0.4) is 0 Å². The van der Waals surface area contributed by atoms with E-state index in [0.717, 1.165) is 36.3 Å². The summed E-state index contributed by atoms with van der Waals surface area (Å²) in [5.74, 6) is -0.0768. The number of likely N-dealkylation sites (tertiary alicyclic amines) is 1. The summed E-state index contributed by atoms with van der Waals surface area (Å²) in [5, 5.41) is 9.39. The molecule has 0 N–H and O–H groups in total. The van der Waals surface area contributed by atoms with Crippen LogP contribution in [0.2, 0.25) is 0 Å². The minimum Gasteiger partial charge on any atom is -0.451 e. The zero-order chi connectivity index (χ0) is 20.8. The molecule has 152 valence electrons. The van der Waals surface area contributed by atoms with Gasteiger partial charge in [0.05, 0.1) is 0 Å². The molecule has 1 aromatic rings. The van der Waals surface area contributed by atoms with Crippen LogP contribution in [-0.4, -0.2) is 41.0 Å². The molecule has 28 heavy (non-hydrogen) atoms. The van der Waals surface area contributed by atoms with E-state index in [1.807, 2.05) is 26.0 Å². The number of piperidine rings is 1. The topological polar surface area (TPSA) is 75.3 Å². The summed E-state index contributed by atoms with van der Waals surface area (Å²) in [6.07, 6.45) is 3.65. The average Bonchev–Trinajstić information content (AvgIpc) is 2.90. The number of esters is 1. The molecular weight excluding hydrogens is 354 g/mol. The van der Waals surface area contributed by atoms with E-state index in [1.54, 1.807) is 11.0 Å². The van der Waals surface area contributed by atoms with Gasteiger partial charge in [0, 0.05) is 31.0 Å². The SMILES string of the molecule is CCCn1c(C)cc(/C=C(\C#N)C(=O)OCC(=O)N2C[C@@H](C)C[C@H](C)C2)c1C. The molecule has 0 radical (unpaired) electrons. The molecule has 1 aromatic heterocycles. The smallest absolute Gasteiger partial charge is 0.349 e. The third kappa shape index (κ3) is 5.25. The van der Waals surface area contributed by atoms with E-state index in [9.17, 15) is 14.9 Å². The molecule has 0 bridgehead atoms. The summed E-state index contributed by atoms with van der Waals surface area (Å²) in [4.78, 5) is 26.5. The Bertz CT molecular complexity index is 791. The molecule has 1 fully saturated rings. The fourth-order valence-corrected chi connectivity index (χ4v) is 4.00. The summed E-state index contributed by atoms with van der Waals surface area (Å²) in [6.45, 7) is 12.2. The van der Waals surface area contributed by atoms with E-state index in [-0.39, 0.29) is 18.1 Å². The minimum absolute atomic E-state index is 0.0927. The van der Waals surface area contributed by atoms with E-state index < -0.39 is 5.97 Å². The fourth-order valence-electron chi connectivity index (χ4n) is 4.00. The number of aromatic nitrogens is 1. The van der Waals surface area contributed by atoms with Crippen LogP contribution in [0, 0.1) is 37.0 Å². The van der Waals surface area contributed by atoms with Gasteiger partial charge in [-0.15, -0.1) is 0 Å². The lowest BCUT2D eigenvalue weighted by Crippen LogP contribution is -2.44. The first-order chi connectivity index (χ1) is 13.3. The van der Waals surface area contributed by atoms with Gasteiger partial charge >= 0.3 is 5.97 Å². The number of carbonyl (C=O) groups excluding carboxylic acids is 2. The van der Waals surface area contributed by atoms with Crippen molar-refractivity contribution in [3.8, 4) is 6.07 Å². The lowest BCUT2D eigenvalue weighted by Gasteiger charge is -2.34. The normalized spacial score (nSPS) is 20.0. The number of rotatable bonds is 6. The first kappa shape index (κ1) is 21.7. The lowest BCUT2D eigenvalue weighted by atomic mass is 9.92. The summed E-state index contributed by atoms with van der Waals surface area (Å²) in [5.41, 5.74) is 2.82. The number of nitriles is 1. The number of hydrogen-bond donors (Lipinski definition) is 0. The maximum absolute atomic E-state index is 12.4. The van der Waals surface area contributed by atoms with Crippen molar-refractivity contribution < 1.29 is 14.3 Å². The minimum atomic E-state index is -0.755. The highest BCUT2D eigenvalue weighted by Gasteiger charge is 2.26. The molecule has 6 heteroatoms. The average molecular weight is 386 g/mol. The van der Waals surface area contributed by atoms with Gasteiger partial charge in [0.2, 0.25) is 0 Å². The molecule has 1 amide bonds. The summed E-state index contributed by atoms with van der Waals surface area (Å²) >= 11 is 0. The molecule has 0 spiro atoms.